The summed E-state index contributed by atoms with van der Waals surface area (Å²) in [6.45, 7) is 7.44. The van der Waals surface area contributed by atoms with Gasteiger partial charge in [0.2, 0.25) is 11.8 Å². The van der Waals surface area contributed by atoms with Crippen LogP contribution in [-0.2, 0) is 16.1 Å². The van der Waals surface area contributed by atoms with Gasteiger partial charge in [-0.2, -0.15) is 0 Å². The molecular formula is C20H29N5O7. The summed E-state index contributed by atoms with van der Waals surface area (Å²) in [5.41, 5.74) is -1.28. The molecule has 2 aromatic heterocycles. The molecule has 0 bridgehead atoms. The molecule has 3 N–H and O–H groups in total. The Balaban J connectivity index is 0.000000913. The molecule has 2 aromatic rings. The largest absolute Gasteiger partial charge is 0.483 e. The van der Waals surface area contributed by atoms with E-state index in [-0.39, 0.29) is 24.7 Å². The molecule has 0 saturated carbocycles. The number of carbonyl (C=O) groups is 2. The van der Waals surface area contributed by atoms with Crippen LogP contribution in [-0.4, -0.2) is 79.6 Å². The van der Waals surface area contributed by atoms with Gasteiger partial charge in [0, 0.05) is 33.4 Å². The number of ether oxygens (including phenoxy) is 1. The molecule has 1 spiro atoms. The van der Waals surface area contributed by atoms with Crippen LogP contribution in [0.5, 0.6) is 0 Å². The Morgan fingerprint density at radius 2 is 2.00 bits per heavy atom. The van der Waals surface area contributed by atoms with Gasteiger partial charge in [0.05, 0.1) is 30.4 Å². The van der Waals surface area contributed by atoms with Gasteiger partial charge in [-0.1, -0.05) is 0 Å². The predicted molar refractivity (Wildman–Crippen MR) is 109 cm³/mol. The van der Waals surface area contributed by atoms with Crippen molar-refractivity contribution < 1.29 is 33.4 Å². The molecule has 2 atom stereocenters. The molecule has 4 heterocycles. The summed E-state index contributed by atoms with van der Waals surface area (Å²) in [7, 11) is 0. The average molecular weight is 451 g/mol. The Labute approximate surface area is 185 Å². The minimum Gasteiger partial charge on any atom is -0.483 e. The third kappa shape index (κ3) is 5.69. The van der Waals surface area contributed by atoms with Crippen LogP contribution in [0.25, 0.3) is 0 Å². The zero-order valence-electron chi connectivity index (χ0n) is 18.4. The number of aryl methyl sites for hydroxylation is 2. The van der Waals surface area contributed by atoms with E-state index in [9.17, 15) is 9.90 Å². The lowest BCUT2D eigenvalue weighted by molar-refractivity contribution is -0.186. The SMILES string of the molecule is Cc1nc(C(=O)N[C@H]2COC3(CCN(Cc4nnc(C)o4)CC3)C[C@]2(C)O)co1.O=CO. The zero-order chi connectivity index (χ0) is 23.4. The van der Waals surface area contributed by atoms with Crippen molar-refractivity contribution in [1.29, 1.82) is 0 Å². The molecule has 2 saturated heterocycles. The summed E-state index contributed by atoms with van der Waals surface area (Å²) in [6, 6.07) is -0.517. The van der Waals surface area contributed by atoms with Crippen molar-refractivity contribution in [3.63, 3.8) is 0 Å². The van der Waals surface area contributed by atoms with Crippen molar-refractivity contribution in [3.8, 4) is 0 Å². The molecule has 2 aliphatic heterocycles. The highest BCUT2D eigenvalue weighted by Gasteiger charge is 2.49. The fourth-order valence-corrected chi connectivity index (χ4v) is 4.20. The fraction of sp³-hybridized carbons (Fsp3) is 0.650. The summed E-state index contributed by atoms with van der Waals surface area (Å²) < 4.78 is 16.7. The summed E-state index contributed by atoms with van der Waals surface area (Å²) >= 11 is 0. The van der Waals surface area contributed by atoms with Crippen molar-refractivity contribution in [3.05, 3.63) is 29.6 Å². The van der Waals surface area contributed by atoms with E-state index in [0.29, 0.717) is 30.6 Å². The molecule has 0 aliphatic carbocycles. The second kappa shape index (κ2) is 9.76. The number of nitrogens with zero attached hydrogens (tertiary/aromatic N) is 4. The maximum Gasteiger partial charge on any atom is 0.290 e. The highest BCUT2D eigenvalue weighted by atomic mass is 16.5. The molecule has 4 rings (SSSR count). The molecule has 12 heteroatoms. The lowest BCUT2D eigenvalue weighted by Crippen LogP contribution is -2.63. The maximum absolute atomic E-state index is 12.4. The highest BCUT2D eigenvalue weighted by Crippen LogP contribution is 2.39. The van der Waals surface area contributed by atoms with Crippen molar-refractivity contribution in [2.45, 2.75) is 63.8 Å². The van der Waals surface area contributed by atoms with Gasteiger partial charge in [-0.3, -0.25) is 14.5 Å². The molecule has 0 radical (unpaired) electrons. The maximum atomic E-state index is 12.4. The van der Waals surface area contributed by atoms with Gasteiger partial charge in [-0.25, -0.2) is 4.98 Å². The Kier molecular flexibility index (Phi) is 7.26. The van der Waals surface area contributed by atoms with Crippen molar-refractivity contribution in [2.24, 2.45) is 0 Å². The van der Waals surface area contributed by atoms with Crippen LogP contribution >= 0.6 is 0 Å². The standard InChI is InChI=1S/C19H27N5O5.CH2O2/c1-12-20-14(9-27-12)17(25)21-15-10-28-19(11-18(15,3)26)4-6-24(7-5-19)8-16-23-22-13(2)29-16;2-1-3/h9,15,26H,4-8,10-11H2,1-3H3,(H,21,25);1H,(H,2,3)/t15-,18-;/m0./s1. The summed E-state index contributed by atoms with van der Waals surface area (Å²) in [4.78, 5) is 27.0. The van der Waals surface area contributed by atoms with E-state index in [1.54, 1.807) is 20.8 Å². The monoisotopic (exact) mass is 451 g/mol. The minimum absolute atomic E-state index is 0.197. The number of oxazole rings is 1. The number of aliphatic hydroxyl groups is 1. The van der Waals surface area contributed by atoms with Gasteiger partial charge < -0.3 is 29.1 Å². The molecule has 2 fully saturated rings. The quantitative estimate of drug-likeness (QED) is 0.560. The first-order chi connectivity index (χ1) is 15.2. The number of piperidine rings is 1. The second-order valence-corrected chi connectivity index (χ2v) is 8.40. The van der Waals surface area contributed by atoms with Crippen LogP contribution in [0.15, 0.2) is 15.1 Å². The molecule has 2 aliphatic rings. The molecule has 32 heavy (non-hydrogen) atoms. The average Bonchev–Trinajstić information content (AvgIpc) is 3.34. The molecule has 0 unspecified atom stereocenters. The van der Waals surface area contributed by atoms with Gasteiger partial charge in [0.15, 0.2) is 11.6 Å². The normalized spacial score (nSPS) is 25.1. The van der Waals surface area contributed by atoms with Crippen LogP contribution < -0.4 is 5.32 Å². The number of aromatic nitrogens is 3. The van der Waals surface area contributed by atoms with E-state index in [1.165, 1.54) is 6.26 Å². The minimum atomic E-state index is -1.08. The van der Waals surface area contributed by atoms with Crippen LogP contribution in [0.2, 0.25) is 0 Å². The first-order valence-electron chi connectivity index (χ1n) is 10.3. The van der Waals surface area contributed by atoms with Crippen molar-refractivity contribution in [2.75, 3.05) is 19.7 Å². The van der Waals surface area contributed by atoms with Gasteiger partial charge in [0.1, 0.15) is 6.26 Å². The Bertz CT molecular complexity index is 917. The molecule has 12 nitrogen and oxygen atoms in total. The summed E-state index contributed by atoms with van der Waals surface area (Å²) in [5, 5.41) is 28.7. The molecule has 1 amide bonds. The van der Waals surface area contributed by atoms with E-state index in [2.05, 4.69) is 25.4 Å². The number of carbonyl (C=O) groups excluding carboxylic acids is 1. The fourth-order valence-electron chi connectivity index (χ4n) is 4.20. The van der Waals surface area contributed by atoms with Crippen molar-refractivity contribution >= 4 is 12.4 Å². The summed E-state index contributed by atoms with van der Waals surface area (Å²) in [6.07, 6.45) is 3.35. The number of likely N-dealkylation sites (tertiary alicyclic amines) is 1. The van der Waals surface area contributed by atoms with Gasteiger partial charge in [0.25, 0.3) is 12.4 Å². The smallest absolute Gasteiger partial charge is 0.290 e. The number of rotatable bonds is 4. The predicted octanol–water partition coefficient (Wildman–Crippen LogP) is 0.680. The Morgan fingerprint density at radius 1 is 1.31 bits per heavy atom. The number of hydrogen-bond acceptors (Lipinski definition) is 10. The zero-order valence-corrected chi connectivity index (χ0v) is 18.4. The van der Waals surface area contributed by atoms with Crippen molar-refractivity contribution in [1.82, 2.24) is 25.4 Å². The number of nitrogens with one attached hydrogen (secondary N) is 1. The Hall–Kier alpha value is -2.83. The Morgan fingerprint density at radius 3 is 2.53 bits per heavy atom. The van der Waals surface area contributed by atoms with E-state index in [0.717, 1.165) is 25.9 Å². The second-order valence-electron chi connectivity index (χ2n) is 8.40. The third-order valence-electron chi connectivity index (χ3n) is 5.84. The van der Waals surface area contributed by atoms with Gasteiger partial charge >= 0.3 is 0 Å². The third-order valence-corrected chi connectivity index (χ3v) is 5.84. The van der Waals surface area contributed by atoms with E-state index in [1.807, 2.05) is 0 Å². The van der Waals surface area contributed by atoms with Crippen LogP contribution in [0, 0.1) is 13.8 Å². The van der Waals surface area contributed by atoms with Gasteiger partial charge in [-0.15, -0.1) is 10.2 Å². The van der Waals surface area contributed by atoms with Crippen LogP contribution in [0.3, 0.4) is 0 Å². The number of amides is 1. The van der Waals surface area contributed by atoms with E-state index >= 15 is 0 Å². The molecular weight excluding hydrogens is 422 g/mol. The topological polar surface area (TPSA) is 164 Å². The molecule has 0 aromatic carbocycles. The number of hydrogen-bond donors (Lipinski definition) is 3. The van der Waals surface area contributed by atoms with E-state index in [4.69, 9.17) is 23.5 Å². The first kappa shape index (κ1) is 23.8. The lowest BCUT2D eigenvalue weighted by Gasteiger charge is -2.51. The summed E-state index contributed by atoms with van der Waals surface area (Å²) in [5.74, 6) is 1.22. The van der Waals surface area contributed by atoms with Crippen LogP contribution in [0.4, 0.5) is 0 Å². The lowest BCUT2D eigenvalue weighted by atomic mass is 9.75. The number of carboxylic acid groups (broad SMARTS) is 1. The first-order valence-corrected chi connectivity index (χ1v) is 10.3. The highest BCUT2D eigenvalue weighted by molar-refractivity contribution is 5.92. The van der Waals surface area contributed by atoms with Crippen LogP contribution in [0.1, 0.15) is 54.3 Å². The van der Waals surface area contributed by atoms with Gasteiger partial charge in [-0.05, 0) is 19.8 Å². The molecule has 176 valence electrons. The van der Waals surface area contributed by atoms with E-state index < -0.39 is 17.2 Å².